The molecule has 5 nitrogen and oxygen atoms in total. The number of carbonyl (C=O) groups is 1. The number of nitrogens with zero attached hydrogens (tertiary/aromatic N) is 2. The third kappa shape index (κ3) is 4.63. The Morgan fingerprint density at radius 2 is 1.84 bits per heavy atom. The molecule has 0 bridgehead atoms. The van der Waals surface area contributed by atoms with Crippen molar-refractivity contribution in [3.63, 3.8) is 0 Å². The first-order chi connectivity index (χ1) is 12.0. The summed E-state index contributed by atoms with van der Waals surface area (Å²) in [7, 11) is 0. The molecular formula is C19H25N3O2S. The van der Waals surface area contributed by atoms with Crippen molar-refractivity contribution < 1.29 is 9.21 Å². The van der Waals surface area contributed by atoms with Gasteiger partial charge in [-0.05, 0) is 44.7 Å². The highest BCUT2D eigenvalue weighted by Crippen LogP contribution is 2.33. The monoisotopic (exact) mass is 359 g/mol. The van der Waals surface area contributed by atoms with Crippen LogP contribution in [0.4, 0.5) is 5.69 Å². The van der Waals surface area contributed by atoms with Gasteiger partial charge in [0.05, 0.1) is 5.75 Å². The maximum Gasteiger partial charge on any atom is 0.277 e. The summed E-state index contributed by atoms with van der Waals surface area (Å²) in [4.78, 5) is 12.3. The van der Waals surface area contributed by atoms with E-state index in [1.165, 1.54) is 36.6 Å². The first-order valence-corrected chi connectivity index (χ1v) is 9.85. The van der Waals surface area contributed by atoms with Crippen LogP contribution in [0.5, 0.6) is 0 Å². The van der Waals surface area contributed by atoms with E-state index in [4.69, 9.17) is 4.42 Å². The van der Waals surface area contributed by atoms with Crippen molar-refractivity contribution >= 4 is 23.4 Å². The zero-order chi connectivity index (χ0) is 17.8. The molecule has 3 rings (SSSR count). The number of carbonyl (C=O) groups excluding carboxylic acids is 1. The van der Waals surface area contributed by atoms with Gasteiger partial charge < -0.3 is 9.73 Å². The van der Waals surface area contributed by atoms with E-state index < -0.39 is 0 Å². The lowest BCUT2D eigenvalue weighted by atomic mass is 9.89. The van der Waals surface area contributed by atoms with Crippen molar-refractivity contribution in [2.45, 2.75) is 64.0 Å². The number of amides is 1. The lowest BCUT2D eigenvalue weighted by Crippen LogP contribution is -2.15. The maximum atomic E-state index is 12.3. The molecule has 0 spiro atoms. The predicted molar refractivity (Wildman–Crippen MR) is 100 cm³/mol. The molecule has 0 aliphatic heterocycles. The van der Waals surface area contributed by atoms with Crippen molar-refractivity contribution in [3.05, 3.63) is 34.7 Å². The summed E-state index contributed by atoms with van der Waals surface area (Å²) < 4.78 is 5.75. The largest absolute Gasteiger partial charge is 0.416 e. The molecule has 2 aromatic rings. The van der Waals surface area contributed by atoms with E-state index in [-0.39, 0.29) is 11.7 Å². The Morgan fingerprint density at radius 1 is 1.16 bits per heavy atom. The molecule has 0 radical (unpaired) electrons. The predicted octanol–water partition coefficient (Wildman–Crippen LogP) is 4.77. The number of nitrogens with one attached hydrogen (secondary N) is 1. The van der Waals surface area contributed by atoms with Gasteiger partial charge in [0.2, 0.25) is 11.8 Å². The second-order valence-electron chi connectivity index (χ2n) is 6.85. The lowest BCUT2D eigenvalue weighted by Gasteiger charge is -2.17. The summed E-state index contributed by atoms with van der Waals surface area (Å²) in [6.45, 7) is 6.08. The lowest BCUT2D eigenvalue weighted by molar-refractivity contribution is -0.113. The van der Waals surface area contributed by atoms with Gasteiger partial charge in [-0.25, -0.2) is 0 Å². The van der Waals surface area contributed by atoms with Gasteiger partial charge in [-0.3, -0.25) is 4.79 Å². The van der Waals surface area contributed by atoms with Crippen molar-refractivity contribution in [3.8, 4) is 0 Å². The normalized spacial score (nSPS) is 15.3. The van der Waals surface area contributed by atoms with Gasteiger partial charge in [0, 0.05) is 11.6 Å². The van der Waals surface area contributed by atoms with Crippen LogP contribution in [-0.2, 0) is 4.79 Å². The molecule has 1 heterocycles. The fraction of sp³-hybridized carbons (Fsp3) is 0.526. The van der Waals surface area contributed by atoms with Crippen molar-refractivity contribution in [1.29, 1.82) is 0 Å². The molecule has 25 heavy (non-hydrogen) atoms. The highest BCUT2D eigenvalue weighted by molar-refractivity contribution is 7.99. The standard InChI is InChI=1S/C19H25N3O2S/c1-12-9-13(2)17(14(3)10-12)20-16(23)11-25-19-22-21-18(24-19)15-7-5-4-6-8-15/h9-10,15H,4-8,11H2,1-3H3,(H,20,23). The number of thioether (sulfide) groups is 1. The second kappa shape index (κ2) is 8.04. The minimum atomic E-state index is -0.0579. The van der Waals surface area contributed by atoms with E-state index in [1.807, 2.05) is 13.8 Å². The quantitative estimate of drug-likeness (QED) is 0.779. The molecule has 1 aromatic carbocycles. The Balaban J connectivity index is 1.55. The Kier molecular flexibility index (Phi) is 5.78. The molecule has 1 aromatic heterocycles. The topological polar surface area (TPSA) is 68.0 Å². The molecule has 1 fully saturated rings. The van der Waals surface area contributed by atoms with Crippen LogP contribution < -0.4 is 5.32 Å². The van der Waals surface area contributed by atoms with Gasteiger partial charge in [-0.1, -0.05) is 48.7 Å². The van der Waals surface area contributed by atoms with Crippen molar-refractivity contribution in [1.82, 2.24) is 10.2 Å². The maximum absolute atomic E-state index is 12.3. The van der Waals surface area contributed by atoms with Gasteiger partial charge in [0.25, 0.3) is 5.22 Å². The van der Waals surface area contributed by atoms with E-state index in [0.717, 1.165) is 35.5 Å². The van der Waals surface area contributed by atoms with Crippen LogP contribution in [-0.4, -0.2) is 21.9 Å². The van der Waals surface area contributed by atoms with Gasteiger partial charge in [-0.15, -0.1) is 10.2 Å². The van der Waals surface area contributed by atoms with Crippen LogP contribution in [0.2, 0.25) is 0 Å². The Labute approximate surface area is 153 Å². The molecular weight excluding hydrogens is 334 g/mol. The fourth-order valence-corrected chi connectivity index (χ4v) is 4.04. The Hall–Kier alpha value is -1.82. The van der Waals surface area contributed by atoms with Crippen LogP contribution in [0.3, 0.4) is 0 Å². The van der Waals surface area contributed by atoms with E-state index in [0.29, 0.717) is 11.1 Å². The summed E-state index contributed by atoms with van der Waals surface area (Å²) in [6.07, 6.45) is 6.00. The van der Waals surface area contributed by atoms with Crippen LogP contribution in [0.25, 0.3) is 0 Å². The van der Waals surface area contributed by atoms with E-state index in [1.54, 1.807) is 0 Å². The fourth-order valence-electron chi connectivity index (χ4n) is 3.47. The van der Waals surface area contributed by atoms with Crippen molar-refractivity contribution in [2.24, 2.45) is 0 Å². The summed E-state index contributed by atoms with van der Waals surface area (Å²) in [5.74, 6) is 1.33. The summed E-state index contributed by atoms with van der Waals surface area (Å²) in [6, 6.07) is 4.15. The molecule has 1 aliphatic carbocycles. The number of benzene rings is 1. The highest BCUT2D eigenvalue weighted by atomic mass is 32.2. The number of aromatic nitrogens is 2. The summed E-state index contributed by atoms with van der Waals surface area (Å²) >= 11 is 1.30. The molecule has 0 atom stereocenters. The molecule has 1 aliphatic rings. The molecule has 1 saturated carbocycles. The van der Waals surface area contributed by atoms with Crippen LogP contribution in [0.1, 0.15) is 60.6 Å². The van der Waals surface area contributed by atoms with Gasteiger partial charge in [0.15, 0.2) is 0 Å². The van der Waals surface area contributed by atoms with E-state index >= 15 is 0 Å². The van der Waals surface area contributed by atoms with Gasteiger partial charge in [-0.2, -0.15) is 0 Å². The van der Waals surface area contributed by atoms with Crippen LogP contribution in [0, 0.1) is 20.8 Å². The van der Waals surface area contributed by atoms with Gasteiger partial charge in [0.1, 0.15) is 0 Å². The zero-order valence-corrected chi connectivity index (χ0v) is 15.9. The SMILES string of the molecule is Cc1cc(C)c(NC(=O)CSc2nnc(C3CCCCC3)o2)c(C)c1. The number of aryl methyl sites for hydroxylation is 3. The Morgan fingerprint density at radius 3 is 2.52 bits per heavy atom. The number of hydrogen-bond acceptors (Lipinski definition) is 5. The molecule has 1 N–H and O–H groups in total. The minimum absolute atomic E-state index is 0.0579. The zero-order valence-electron chi connectivity index (χ0n) is 15.1. The molecule has 0 unspecified atom stereocenters. The number of hydrogen-bond donors (Lipinski definition) is 1. The van der Waals surface area contributed by atoms with Crippen LogP contribution in [0.15, 0.2) is 21.8 Å². The first-order valence-electron chi connectivity index (χ1n) is 8.87. The summed E-state index contributed by atoms with van der Waals surface area (Å²) in [5, 5.41) is 11.7. The smallest absolute Gasteiger partial charge is 0.277 e. The van der Waals surface area contributed by atoms with Crippen molar-refractivity contribution in [2.75, 3.05) is 11.1 Å². The highest BCUT2D eigenvalue weighted by Gasteiger charge is 2.21. The molecule has 0 saturated heterocycles. The third-order valence-corrected chi connectivity index (χ3v) is 5.46. The first kappa shape index (κ1) is 18.0. The molecule has 6 heteroatoms. The number of rotatable bonds is 5. The van der Waals surface area contributed by atoms with Crippen LogP contribution >= 0.6 is 11.8 Å². The average molecular weight is 359 g/mol. The number of anilines is 1. The van der Waals surface area contributed by atoms with Gasteiger partial charge >= 0.3 is 0 Å². The molecule has 1 amide bonds. The second-order valence-corrected chi connectivity index (χ2v) is 7.78. The Bertz CT molecular complexity index is 728. The summed E-state index contributed by atoms with van der Waals surface area (Å²) in [5.41, 5.74) is 4.24. The van der Waals surface area contributed by atoms with E-state index in [9.17, 15) is 4.79 Å². The molecule has 134 valence electrons. The third-order valence-electron chi connectivity index (χ3n) is 4.64. The van der Waals surface area contributed by atoms with E-state index in [2.05, 4.69) is 34.6 Å². The minimum Gasteiger partial charge on any atom is -0.416 e. The average Bonchev–Trinajstić information content (AvgIpc) is 3.06.